The lowest BCUT2D eigenvalue weighted by Crippen LogP contribution is -2.43. The first-order valence-electron chi connectivity index (χ1n) is 7.41. The highest BCUT2D eigenvalue weighted by atomic mass is 32.2. The molecule has 0 bridgehead atoms. The second kappa shape index (κ2) is 5.88. The van der Waals surface area contributed by atoms with E-state index in [1.807, 2.05) is 0 Å². The maximum atomic E-state index is 12.7. The summed E-state index contributed by atoms with van der Waals surface area (Å²) in [6.07, 6.45) is 2.78. The number of aliphatic carboxylic acids is 1. The van der Waals surface area contributed by atoms with E-state index < -0.39 is 27.9 Å². The number of hydrogen-bond acceptors (Lipinski definition) is 5. The van der Waals surface area contributed by atoms with Gasteiger partial charge in [-0.15, -0.1) is 11.3 Å². The summed E-state index contributed by atoms with van der Waals surface area (Å²) in [6, 6.07) is 0.507. The fraction of sp³-hybridized carbons (Fsp3) is 0.571. The van der Waals surface area contributed by atoms with Gasteiger partial charge in [0, 0.05) is 11.9 Å². The van der Waals surface area contributed by atoms with E-state index >= 15 is 0 Å². The average Bonchev–Trinajstić information content (AvgIpc) is 3.20. The molecule has 1 aromatic heterocycles. The summed E-state index contributed by atoms with van der Waals surface area (Å²) in [5, 5.41) is 10.9. The second-order valence-corrected chi connectivity index (χ2v) is 8.75. The van der Waals surface area contributed by atoms with Gasteiger partial charge in [-0.2, -0.15) is 0 Å². The molecule has 0 spiro atoms. The third-order valence-corrected chi connectivity index (χ3v) is 7.23. The van der Waals surface area contributed by atoms with E-state index in [9.17, 15) is 23.1 Å². The summed E-state index contributed by atoms with van der Waals surface area (Å²) in [5.41, 5.74) is 0. The Morgan fingerprint density at radius 3 is 2.78 bits per heavy atom. The smallest absolute Gasteiger partial charge is 0.326 e. The lowest BCUT2D eigenvalue weighted by molar-refractivity contribution is -0.142. The number of hydrogen-bond donors (Lipinski definition) is 2. The van der Waals surface area contributed by atoms with Gasteiger partial charge in [0.25, 0.3) is 5.91 Å². The number of carbonyl (C=O) groups is 2. The van der Waals surface area contributed by atoms with E-state index in [1.165, 1.54) is 23.4 Å². The van der Waals surface area contributed by atoms with Crippen LogP contribution in [-0.4, -0.2) is 49.9 Å². The number of carboxylic acid groups (broad SMARTS) is 1. The van der Waals surface area contributed by atoms with Crippen LogP contribution in [0.2, 0.25) is 0 Å². The summed E-state index contributed by atoms with van der Waals surface area (Å²) in [4.78, 5) is 26.0. The molecule has 2 N–H and O–H groups in total. The van der Waals surface area contributed by atoms with Crippen molar-refractivity contribution in [2.24, 2.45) is 11.8 Å². The van der Waals surface area contributed by atoms with Crippen molar-refractivity contribution < 1.29 is 23.1 Å². The SMILES string of the molecule is CNS(=O)(=O)c1csc(C(=O)N2CC3CCCC3C2C(=O)O)c1. The van der Waals surface area contributed by atoms with Crippen molar-refractivity contribution in [3.63, 3.8) is 0 Å². The van der Waals surface area contributed by atoms with Crippen LogP contribution in [0.3, 0.4) is 0 Å². The van der Waals surface area contributed by atoms with Crippen LogP contribution in [0.5, 0.6) is 0 Å². The number of nitrogens with zero attached hydrogens (tertiary/aromatic N) is 1. The number of fused-ring (bicyclic) bond motifs is 1. The molecule has 126 valence electrons. The Morgan fingerprint density at radius 2 is 2.13 bits per heavy atom. The molecule has 0 aromatic carbocycles. The van der Waals surface area contributed by atoms with Crippen LogP contribution in [0.1, 0.15) is 28.9 Å². The van der Waals surface area contributed by atoms with Crippen molar-refractivity contribution in [1.82, 2.24) is 9.62 Å². The number of nitrogens with one attached hydrogen (secondary N) is 1. The fourth-order valence-electron chi connectivity index (χ4n) is 3.66. The van der Waals surface area contributed by atoms with E-state index in [2.05, 4.69) is 4.72 Å². The zero-order chi connectivity index (χ0) is 16.8. The lowest BCUT2D eigenvalue weighted by atomic mass is 9.94. The second-order valence-electron chi connectivity index (χ2n) is 5.95. The predicted octanol–water partition coefficient (Wildman–Crippen LogP) is 0.981. The molecular formula is C14H18N2O5S2. The van der Waals surface area contributed by atoms with Crippen LogP contribution in [0.4, 0.5) is 0 Å². The highest BCUT2D eigenvalue weighted by molar-refractivity contribution is 7.89. The van der Waals surface area contributed by atoms with Crippen molar-refractivity contribution in [2.45, 2.75) is 30.2 Å². The topological polar surface area (TPSA) is 104 Å². The summed E-state index contributed by atoms with van der Waals surface area (Å²) in [5.74, 6) is -1.13. The summed E-state index contributed by atoms with van der Waals surface area (Å²) in [7, 11) is -2.30. The molecule has 1 amide bonds. The molecule has 1 saturated heterocycles. The van der Waals surface area contributed by atoms with Crippen molar-refractivity contribution in [1.29, 1.82) is 0 Å². The Labute approximate surface area is 138 Å². The molecule has 23 heavy (non-hydrogen) atoms. The Hall–Kier alpha value is -1.45. The number of thiophene rings is 1. The molecule has 1 saturated carbocycles. The summed E-state index contributed by atoms with van der Waals surface area (Å²) in [6.45, 7) is 0.437. The van der Waals surface area contributed by atoms with Crippen molar-refractivity contribution in [3.8, 4) is 0 Å². The van der Waals surface area contributed by atoms with Crippen LogP contribution >= 0.6 is 11.3 Å². The number of likely N-dealkylation sites (tertiary alicyclic amines) is 1. The number of rotatable bonds is 4. The third kappa shape index (κ3) is 2.77. The van der Waals surface area contributed by atoms with E-state index in [0.29, 0.717) is 6.54 Å². The summed E-state index contributed by atoms with van der Waals surface area (Å²) < 4.78 is 25.7. The van der Waals surface area contributed by atoms with Crippen LogP contribution in [0.25, 0.3) is 0 Å². The molecule has 1 aromatic rings. The molecule has 3 atom stereocenters. The fourth-order valence-corrected chi connectivity index (χ4v) is 5.62. The van der Waals surface area contributed by atoms with Crippen LogP contribution in [-0.2, 0) is 14.8 Å². The first kappa shape index (κ1) is 16.4. The molecule has 2 fully saturated rings. The van der Waals surface area contributed by atoms with Crippen LogP contribution in [0.15, 0.2) is 16.3 Å². The quantitative estimate of drug-likeness (QED) is 0.835. The van der Waals surface area contributed by atoms with Gasteiger partial charge in [0.05, 0.1) is 9.77 Å². The van der Waals surface area contributed by atoms with E-state index in [0.717, 1.165) is 30.6 Å². The zero-order valence-electron chi connectivity index (χ0n) is 12.6. The first-order chi connectivity index (χ1) is 10.8. The molecule has 7 nitrogen and oxygen atoms in total. The lowest BCUT2D eigenvalue weighted by Gasteiger charge is -2.23. The highest BCUT2D eigenvalue weighted by Gasteiger charge is 2.49. The maximum Gasteiger partial charge on any atom is 0.326 e. The van der Waals surface area contributed by atoms with Crippen molar-refractivity contribution >= 4 is 33.2 Å². The van der Waals surface area contributed by atoms with Gasteiger partial charge >= 0.3 is 5.97 Å². The number of carbonyl (C=O) groups excluding carboxylic acids is 1. The van der Waals surface area contributed by atoms with E-state index in [-0.39, 0.29) is 21.6 Å². The molecule has 0 radical (unpaired) electrons. The monoisotopic (exact) mass is 358 g/mol. The van der Waals surface area contributed by atoms with Gasteiger partial charge in [-0.25, -0.2) is 17.9 Å². The van der Waals surface area contributed by atoms with Gasteiger partial charge in [-0.05, 0) is 37.8 Å². The molecule has 3 unspecified atom stereocenters. The Bertz CT molecular complexity index is 742. The van der Waals surface area contributed by atoms with Gasteiger partial charge in [-0.3, -0.25) is 4.79 Å². The third-order valence-electron chi connectivity index (χ3n) is 4.77. The Morgan fingerprint density at radius 1 is 1.39 bits per heavy atom. The van der Waals surface area contributed by atoms with E-state index in [4.69, 9.17) is 0 Å². The largest absolute Gasteiger partial charge is 0.480 e. The molecule has 1 aliphatic heterocycles. The van der Waals surface area contributed by atoms with Crippen molar-refractivity contribution in [3.05, 3.63) is 16.3 Å². The highest BCUT2D eigenvalue weighted by Crippen LogP contribution is 2.43. The van der Waals surface area contributed by atoms with Gasteiger partial charge < -0.3 is 10.0 Å². The predicted molar refractivity (Wildman–Crippen MR) is 83.9 cm³/mol. The standard InChI is InChI=1S/C14H18N2O5S2/c1-15-23(20,21)9-5-11(22-7-9)13(17)16-6-8-3-2-4-10(8)12(16)14(18)19/h5,7-8,10,12,15H,2-4,6H2,1H3,(H,18,19). The van der Waals surface area contributed by atoms with Crippen molar-refractivity contribution in [2.75, 3.05) is 13.6 Å². The molecule has 9 heteroatoms. The van der Waals surface area contributed by atoms with Gasteiger partial charge in [0.2, 0.25) is 10.0 Å². The molecule has 2 heterocycles. The maximum absolute atomic E-state index is 12.7. The summed E-state index contributed by atoms with van der Waals surface area (Å²) >= 11 is 1.03. The first-order valence-corrected chi connectivity index (χ1v) is 9.77. The minimum Gasteiger partial charge on any atom is -0.480 e. The zero-order valence-corrected chi connectivity index (χ0v) is 14.2. The van der Waals surface area contributed by atoms with Gasteiger partial charge in [-0.1, -0.05) is 6.42 Å². The number of sulfonamides is 1. The minimum absolute atomic E-state index is 0.0110. The number of amides is 1. The van der Waals surface area contributed by atoms with Crippen LogP contribution in [0, 0.1) is 11.8 Å². The van der Waals surface area contributed by atoms with E-state index in [1.54, 1.807) is 0 Å². The molecule has 1 aliphatic carbocycles. The van der Waals surface area contributed by atoms with Gasteiger partial charge in [0.1, 0.15) is 6.04 Å². The van der Waals surface area contributed by atoms with Crippen LogP contribution < -0.4 is 4.72 Å². The Balaban J connectivity index is 1.87. The normalized spacial score (nSPS) is 27.2. The Kier molecular flexibility index (Phi) is 4.19. The minimum atomic E-state index is -3.61. The molecule has 2 aliphatic rings. The van der Waals surface area contributed by atoms with Gasteiger partial charge in [0.15, 0.2) is 0 Å². The average molecular weight is 358 g/mol. The molecular weight excluding hydrogens is 340 g/mol. The number of carboxylic acids is 1. The molecule has 3 rings (SSSR count).